The zero-order valence-electron chi connectivity index (χ0n) is 10.8. The highest BCUT2D eigenvalue weighted by Gasteiger charge is 2.61. The van der Waals surface area contributed by atoms with Gasteiger partial charge in [-0.25, -0.2) is 0 Å². The summed E-state index contributed by atoms with van der Waals surface area (Å²) in [6.07, 6.45) is -4.75. The van der Waals surface area contributed by atoms with Gasteiger partial charge >= 0.3 is 6.18 Å². The minimum absolute atomic E-state index is 0.191. The summed E-state index contributed by atoms with van der Waals surface area (Å²) in [4.78, 5) is 0. The maximum absolute atomic E-state index is 13.2. The van der Waals surface area contributed by atoms with Crippen LogP contribution >= 0.6 is 0 Å². The van der Waals surface area contributed by atoms with Gasteiger partial charge in [0.1, 0.15) is 5.75 Å². The number of halogens is 3. The van der Waals surface area contributed by atoms with E-state index in [2.05, 4.69) is 0 Å². The van der Waals surface area contributed by atoms with E-state index in [-0.39, 0.29) is 5.56 Å². The number of benzene rings is 1. The summed E-state index contributed by atoms with van der Waals surface area (Å²) < 4.78 is 44.5. The van der Waals surface area contributed by atoms with Gasteiger partial charge in [0.25, 0.3) is 0 Å². The van der Waals surface area contributed by atoms with Crippen molar-refractivity contribution in [2.24, 2.45) is 5.41 Å². The summed E-state index contributed by atoms with van der Waals surface area (Å²) in [6.45, 7) is 4.06. The third kappa shape index (κ3) is 2.32. The Morgan fingerprint density at radius 1 is 1.00 bits per heavy atom. The van der Waals surface area contributed by atoms with Crippen LogP contribution in [0.1, 0.15) is 26.3 Å². The van der Waals surface area contributed by atoms with E-state index in [4.69, 9.17) is 4.74 Å². The van der Waals surface area contributed by atoms with E-state index in [1.165, 1.54) is 52.1 Å². The third-order valence-electron chi connectivity index (χ3n) is 3.00. The molecule has 1 atom stereocenters. The van der Waals surface area contributed by atoms with E-state index in [1.807, 2.05) is 0 Å². The molecule has 1 N–H and O–H groups in total. The number of alkyl halides is 3. The molecule has 0 saturated carbocycles. The number of ether oxygens (including phenoxy) is 1. The van der Waals surface area contributed by atoms with E-state index in [9.17, 15) is 18.3 Å². The second-order valence-electron chi connectivity index (χ2n) is 5.19. The largest absolute Gasteiger partial charge is 0.497 e. The second-order valence-corrected chi connectivity index (χ2v) is 5.19. The molecule has 0 spiro atoms. The molecule has 5 heteroatoms. The SMILES string of the molecule is COc1ccc(C(O)(C(C)(C)C)C(F)(F)F)cc1. The van der Waals surface area contributed by atoms with Crippen LogP contribution in [0.15, 0.2) is 24.3 Å². The molecule has 0 amide bonds. The molecule has 0 fully saturated rings. The van der Waals surface area contributed by atoms with Crippen LogP contribution < -0.4 is 4.74 Å². The Bertz CT molecular complexity index is 388. The lowest BCUT2D eigenvalue weighted by Gasteiger charge is -2.41. The highest BCUT2D eigenvalue weighted by atomic mass is 19.4. The van der Waals surface area contributed by atoms with Gasteiger partial charge in [0, 0.05) is 5.41 Å². The molecule has 2 nitrogen and oxygen atoms in total. The number of hydrogen-bond donors (Lipinski definition) is 1. The predicted molar refractivity (Wildman–Crippen MR) is 62.4 cm³/mol. The summed E-state index contributed by atoms with van der Waals surface area (Å²) in [7, 11) is 1.43. The molecule has 0 aliphatic rings. The van der Waals surface area contributed by atoms with Gasteiger partial charge in [-0.15, -0.1) is 0 Å². The number of methoxy groups -OCH3 is 1. The Morgan fingerprint density at radius 2 is 1.44 bits per heavy atom. The first kappa shape index (κ1) is 14.8. The molecular formula is C13H17F3O2. The van der Waals surface area contributed by atoms with Crippen molar-refractivity contribution >= 4 is 0 Å². The van der Waals surface area contributed by atoms with Crippen LogP contribution in [0.3, 0.4) is 0 Å². The molecule has 18 heavy (non-hydrogen) atoms. The van der Waals surface area contributed by atoms with Crippen molar-refractivity contribution < 1.29 is 23.0 Å². The van der Waals surface area contributed by atoms with Gasteiger partial charge in [-0.1, -0.05) is 32.9 Å². The van der Waals surface area contributed by atoms with Crippen LogP contribution in [0.2, 0.25) is 0 Å². The smallest absolute Gasteiger partial charge is 0.421 e. The fourth-order valence-electron chi connectivity index (χ4n) is 1.85. The average Bonchev–Trinajstić information content (AvgIpc) is 2.25. The van der Waals surface area contributed by atoms with Crippen LogP contribution in [0.4, 0.5) is 13.2 Å². The molecule has 1 unspecified atom stereocenters. The number of hydrogen-bond acceptors (Lipinski definition) is 2. The first-order valence-corrected chi connectivity index (χ1v) is 5.47. The lowest BCUT2D eigenvalue weighted by Crippen LogP contribution is -2.52. The van der Waals surface area contributed by atoms with E-state index >= 15 is 0 Å². The maximum Gasteiger partial charge on any atom is 0.421 e. The predicted octanol–water partition coefficient (Wildman–Crippen LogP) is 3.49. The first-order valence-electron chi connectivity index (χ1n) is 5.47. The van der Waals surface area contributed by atoms with Crippen molar-refractivity contribution in [3.8, 4) is 5.75 Å². The topological polar surface area (TPSA) is 29.5 Å². The molecule has 0 radical (unpaired) electrons. The fraction of sp³-hybridized carbons (Fsp3) is 0.538. The molecule has 0 aliphatic heterocycles. The van der Waals surface area contributed by atoms with Crippen LogP contribution in [0.5, 0.6) is 5.75 Å². The Hall–Kier alpha value is -1.23. The Morgan fingerprint density at radius 3 is 1.72 bits per heavy atom. The van der Waals surface area contributed by atoms with E-state index in [0.29, 0.717) is 5.75 Å². The molecule has 0 bridgehead atoms. The molecule has 102 valence electrons. The van der Waals surface area contributed by atoms with Crippen LogP contribution in [0.25, 0.3) is 0 Å². The zero-order valence-corrected chi connectivity index (χ0v) is 10.8. The minimum Gasteiger partial charge on any atom is -0.497 e. The van der Waals surface area contributed by atoms with E-state index in [1.54, 1.807) is 0 Å². The highest BCUT2D eigenvalue weighted by Crippen LogP contribution is 2.50. The normalized spacial score (nSPS) is 16.2. The van der Waals surface area contributed by atoms with Gasteiger partial charge in [0.05, 0.1) is 7.11 Å². The Kier molecular flexibility index (Phi) is 3.68. The van der Waals surface area contributed by atoms with Crippen molar-refractivity contribution in [1.29, 1.82) is 0 Å². The monoisotopic (exact) mass is 262 g/mol. The first-order chi connectivity index (χ1) is 8.04. The van der Waals surface area contributed by atoms with Crippen LogP contribution in [-0.4, -0.2) is 18.4 Å². The van der Waals surface area contributed by atoms with Crippen molar-refractivity contribution in [2.45, 2.75) is 32.5 Å². The average molecular weight is 262 g/mol. The van der Waals surface area contributed by atoms with E-state index < -0.39 is 17.2 Å². The fourth-order valence-corrected chi connectivity index (χ4v) is 1.85. The van der Waals surface area contributed by atoms with Crippen molar-refractivity contribution in [2.75, 3.05) is 7.11 Å². The van der Waals surface area contributed by atoms with Crippen molar-refractivity contribution in [3.63, 3.8) is 0 Å². The molecule has 0 aromatic heterocycles. The molecule has 0 heterocycles. The van der Waals surface area contributed by atoms with E-state index in [0.717, 1.165) is 0 Å². The van der Waals surface area contributed by atoms with Gasteiger partial charge in [-0.2, -0.15) is 13.2 Å². The minimum atomic E-state index is -4.75. The number of rotatable bonds is 2. The molecule has 0 aliphatic carbocycles. The quantitative estimate of drug-likeness (QED) is 0.884. The van der Waals surface area contributed by atoms with Gasteiger partial charge in [0.15, 0.2) is 5.60 Å². The lowest BCUT2D eigenvalue weighted by atomic mass is 9.71. The number of aliphatic hydroxyl groups is 1. The Labute approximate surface area is 104 Å². The summed E-state index contributed by atoms with van der Waals surface area (Å²) >= 11 is 0. The standard InChI is InChI=1S/C13H17F3O2/c1-11(2,3)12(17,13(14,15)16)9-5-7-10(18-4)8-6-9/h5-8,17H,1-4H3. The van der Waals surface area contributed by atoms with Crippen molar-refractivity contribution in [3.05, 3.63) is 29.8 Å². The zero-order chi connectivity index (χ0) is 14.2. The third-order valence-corrected chi connectivity index (χ3v) is 3.00. The van der Waals surface area contributed by atoms with Crippen LogP contribution in [0, 0.1) is 5.41 Å². The van der Waals surface area contributed by atoms with Gasteiger partial charge in [-0.05, 0) is 17.7 Å². The summed E-state index contributed by atoms with van der Waals surface area (Å²) in [6, 6.07) is 5.27. The second kappa shape index (κ2) is 4.46. The highest BCUT2D eigenvalue weighted by molar-refractivity contribution is 5.33. The van der Waals surface area contributed by atoms with Gasteiger partial charge < -0.3 is 9.84 Å². The Balaban J connectivity index is 3.36. The summed E-state index contributed by atoms with van der Waals surface area (Å²) in [5.41, 5.74) is -4.46. The maximum atomic E-state index is 13.2. The molecule has 0 saturated heterocycles. The van der Waals surface area contributed by atoms with Crippen molar-refractivity contribution in [1.82, 2.24) is 0 Å². The summed E-state index contributed by atoms with van der Waals surface area (Å²) in [5.74, 6) is 0.442. The summed E-state index contributed by atoms with van der Waals surface area (Å²) in [5, 5.41) is 10.2. The molecular weight excluding hydrogens is 245 g/mol. The van der Waals surface area contributed by atoms with Gasteiger partial charge in [0.2, 0.25) is 0 Å². The molecule has 1 rings (SSSR count). The van der Waals surface area contributed by atoms with Crippen LogP contribution in [-0.2, 0) is 5.60 Å². The molecule has 1 aromatic rings. The lowest BCUT2D eigenvalue weighted by molar-refractivity contribution is -0.302. The molecule has 1 aromatic carbocycles. The van der Waals surface area contributed by atoms with Gasteiger partial charge in [-0.3, -0.25) is 0 Å².